The second-order valence-corrected chi connectivity index (χ2v) is 7.43. The molecule has 0 aromatic heterocycles. The van der Waals surface area contributed by atoms with Gasteiger partial charge < -0.3 is 9.64 Å². The van der Waals surface area contributed by atoms with Gasteiger partial charge in [0.2, 0.25) is 5.91 Å². The fraction of sp³-hybridized carbons (Fsp3) is 0.381. The highest BCUT2D eigenvalue weighted by Gasteiger charge is 2.63. The zero-order valence-electron chi connectivity index (χ0n) is 14.5. The number of amides is 1. The van der Waals surface area contributed by atoms with E-state index in [-0.39, 0.29) is 23.9 Å². The van der Waals surface area contributed by atoms with Crippen LogP contribution >= 0.6 is 0 Å². The SMILES string of the molecule is O=C1C[C@H]2N(Cc3ccc(F)cc3)CC[C@]23O[C@@H](c2ccccc2)CN13. The van der Waals surface area contributed by atoms with Crippen molar-refractivity contribution in [2.24, 2.45) is 0 Å². The average molecular weight is 352 g/mol. The number of hydrogen-bond donors (Lipinski definition) is 0. The maximum Gasteiger partial charge on any atom is 0.226 e. The van der Waals surface area contributed by atoms with Crippen molar-refractivity contribution in [3.8, 4) is 0 Å². The molecule has 0 radical (unpaired) electrons. The summed E-state index contributed by atoms with van der Waals surface area (Å²) < 4.78 is 19.7. The quantitative estimate of drug-likeness (QED) is 0.851. The van der Waals surface area contributed by atoms with Crippen LogP contribution in [-0.2, 0) is 16.1 Å². The summed E-state index contributed by atoms with van der Waals surface area (Å²) in [6.45, 7) is 2.23. The summed E-state index contributed by atoms with van der Waals surface area (Å²) in [5, 5.41) is 0. The van der Waals surface area contributed by atoms with Crippen molar-refractivity contribution in [3.63, 3.8) is 0 Å². The molecule has 1 spiro atoms. The fourth-order valence-electron chi connectivity index (χ4n) is 4.76. The third-order valence-corrected chi connectivity index (χ3v) is 6.01. The highest BCUT2D eigenvalue weighted by atomic mass is 19.1. The molecule has 5 heteroatoms. The smallest absolute Gasteiger partial charge is 0.226 e. The molecule has 0 saturated carbocycles. The van der Waals surface area contributed by atoms with E-state index in [1.807, 2.05) is 35.2 Å². The Labute approximate surface area is 152 Å². The zero-order valence-corrected chi connectivity index (χ0v) is 14.5. The van der Waals surface area contributed by atoms with Crippen LogP contribution in [0.15, 0.2) is 54.6 Å². The van der Waals surface area contributed by atoms with Crippen molar-refractivity contribution in [2.75, 3.05) is 13.1 Å². The molecule has 0 N–H and O–H groups in total. The van der Waals surface area contributed by atoms with Gasteiger partial charge in [0.15, 0.2) is 5.72 Å². The molecule has 2 aromatic rings. The first-order valence-electron chi connectivity index (χ1n) is 9.17. The van der Waals surface area contributed by atoms with E-state index in [4.69, 9.17) is 4.74 Å². The first-order chi connectivity index (χ1) is 12.7. The van der Waals surface area contributed by atoms with E-state index in [2.05, 4.69) is 17.0 Å². The molecule has 0 bridgehead atoms. The number of carbonyl (C=O) groups excluding carboxylic acids is 1. The van der Waals surface area contributed by atoms with Crippen molar-refractivity contribution in [3.05, 3.63) is 71.5 Å². The number of hydrogen-bond acceptors (Lipinski definition) is 3. The Balaban J connectivity index is 1.39. The van der Waals surface area contributed by atoms with Crippen molar-refractivity contribution in [1.29, 1.82) is 0 Å². The van der Waals surface area contributed by atoms with Gasteiger partial charge in [-0.15, -0.1) is 0 Å². The Morgan fingerprint density at radius 2 is 1.88 bits per heavy atom. The van der Waals surface area contributed by atoms with Crippen molar-refractivity contribution >= 4 is 5.91 Å². The topological polar surface area (TPSA) is 32.8 Å². The summed E-state index contributed by atoms with van der Waals surface area (Å²) in [5.74, 6) is -0.0454. The van der Waals surface area contributed by atoms with E-state index in [0.29, 0.717) is 19.5 Å². The summed E-state index contributed by atoms with van der Waals surface area (Å²) in [7, 11) is 0. The van der Waals surface area contributed by atoms with Gasteiger partial charge in [-0.3, -0.25) is 9.69 Å². The lowest BCUT2D eigenvalue weighted by Gasteiger charge is -2.32. The van der Waals surface area contributed by atoms with E-state index in [1.165, 1.54) is 12.1 Å². The Morgan fingerprint density at radius 1 is 1.12 bits per heavy atom. The molecule has 3 aliphatic heterocycles. The van der Waals surface area contributed by atoms with Gasteiger partial charge in [-0.1, -0.05) is 42.5 Å². The number of nitrogens with zero attached hydrogens (tertiary/aromatic N) is 2. The first kappa shape index (κ1) is 16.0. The second-order valence-electron chi connectivity index (χ2n) is 7.43. The number of ether oxygens (including phenoxy) is 1. The van der Waals surface area contributed by atoms with Crippen LogP contribution in [0.25, 0.3) is 0 Å². The van der Waals surface area contributed by atoms with Gasteiger partial charge in [0.25, 0.3) is 0 Å². The van der Waals surface area contributed by atoms with E-state index < -0.39 is 5.72 Å². The lowest BCUT2D eigenvalue weighted by atomic mass is 10.1. The number of halogens is 1. The molecular formula is C21H21FN2O2. The van der Waals surface area contributed by atoms with E-state index in [0.717, 1.165) is 24.1 Å². The minimum atomic E-state index is -0.502. The molecule has 134 valence electrons. The van der Waals surface area contributed by atoms with E-state index in [1.54, 1.807) is 0 Å². The van der Waals surface area contributed by atoms with Gasteiger partial charge in [0.05, 0.1) is 12.6 Å². The molecule has 0 unspecified atom stereocenters. The molecule has 3 fully saturated rings. The monoisotopic (exact) mass is 352 g/mol. The molecule has 4 nitrogen and oxygen atoms in total. The summed E-state index contributed by atoms with van der Waals surface area (Å²) >= 11 is 0. The lowest BCUT2D eigenvalue weighted by Crippen LogP contribution is -2.47. The van der Waals surface area contributed by atoms with Crippen LogP contribution in [0.3, 0.4) is 0 Å². The lowest BCUT2D eigenvalue weighted by molar-refractivity contribution is -0.138. The minimum absolute atomic E-state index is 0.0614. The maximum atomic E-state index is 13.2. The Kier molecular flexibility index (Phi) is 3.62. The maximum absolute atomic E-state index is 13.2. The third-order valence-electron chi connectivity index (χ3n) is 6.01. The van der Waals surface area contributed by atoms with Gasteiger partial charge in [0.1, 0.15) is 11.9 Å². The van der Waals surface area contributed by atoms with Gasteiger partial charge in [-0.25, -0.2) is 4.39 Å². The largest absolute Gasteiger partial charge is 0.344 e. The standard InChI is InChI=1S/C21H21FN2O2/c22-17-8-6-15(7-9-17)13-23-11-10-21-19(23)12-20(25)24(21)14-18(26-21)16-4-2-1-3-5-16/h1-9,18-19H,10-14H2/t18-,19-,21+/m1/s1. The Hall–Kier alpha value is -2.24. The molecule has 1 amide bonds. The van der Waals surface area contributed by atoms with Gasteiger partial charge in [0, 0.05) is 25.9 Å². The van der Waals surface area contributed by atoms with Crippen molar-refractivity contribution in [1.82, 2.24) is 9.80 Å². The fourth-order valence-corrected chi connectivity index (χ4v) is 4.76. The third kappa shape index (κ3) is 2.38. The molecule has 3 saturated heterocycles. The molecule has 3 aliphatic rings. The molecular weight excluding hydrogens is 331 g/mol. The van der Waals surface area contributed by atoms with Crippen LogP contribution in [-0.4, -0.2) is 40.6 Å². The number of benzene rings is 2. The van der Waals surface area contributed by atoms with Crippen LogP contribution < -0.4 is 0 Å². The predicted octanol–water partition coefficient (Wildman–Crippen LogP) is 3.10. The second kappa shape index (κ2) is 5.89. The molecule has 0 aliphatic carbocycles. The number of likely N-dealkylation sites (tertiary alicyclic amines) is 1. The number of rotatable bonds is 3. The van der Waals surface area contributed by atoms with Gasteiger partial charge in [-0.2, -0.15) is 0 Å². The van der Waals surface area contributed by atoms with Gasteiger partial charge in [-0.05, 0) is 23.3 Å². The zero-order chi connectivity index (χ0) is 17.7. The van der Waals surface area contributed by atoms with Crippen molar-refractivity contribution < 1.29 is 13.9 Å². The van der Waals surface area contributed by atoms with Crippen LogP contribution in [0.5, 0.6) is 0 Å². The van der Waals surface area contributed by atoms with Crippen LogP contribution in [0, 0.1) is 5.82 Å². The first-order valence-corrected chi connectivity index (χ1v) is 9.17. The summed E-state index contributed by atoms with van der Waals surface area (Å²) in [4.78, 5) is 16.9. The van der Waals surface area contributed by atoms with Crippen LogP contribution in [0.4, 0.5) is 4.39 Å². The van der Waals surface area contributed by atoms with E-state index >= 15 is 0 Å². The highest BCUT2D eigenvalue weighted by molar-refractivity contribution is 5.81. The van der Waals surface area contributed by atoms with E-state index in [9.17, 15) is 9.18 Å². The molecule has 5 rings (SSSR count). The van der Waals surface area contributed by atoms with Crippen LogP contribution in [0.2, 0.25) is 0 Å². The normalized spacial score (nSPS) is 30.7. The minimum Gasteiger partial charge on any atom is -0.344 e. The van der Waals surface area contributed by atoms with Crippen molar-refractivity contribution in [2.45, 2.75) is 37.3 Å². The molecule has 3 atom stereocenters. The number of carbonyl (C=O) groups is 1. The Bertz CT molecular complexity index is 826. The Morgan fingerprint density at radius 3 is 2.65 bits per heavy atom. The summed E-state index contributed by atoms with van der Waals surface area (Å²) in [6, 6.07) is 16.8. The average Bonchev–Trinajstić information content (AvgIpc) is 3.28. The van der Waals surface area contributed by atoms with Crippen LogP contribution in [0.1, 0.15) is 30.1 Å². The molecule has 26 heavy (non-hydrogen) atoms. The predicted molar refractivity (Wildman–Crippen MR) is 94.5 cm³/mol. The highest BCUT2D eigenvalue weighted by Crippen LogP contribution is 2.50. The molecule has 3 heterocycles. The molecule has 2 aromatic carbocycles. The summed E-state index contributed by atoms with van der Waals surface area (Å²) in [6.07, 6.45) is 1.27. The summed E-state index contributed by atoms with van der Waals surface area (Å²) in [5.41, 5.74) is 1.68. The van der Waals surface area contributed by atoms with Gasteiger partial charge >= 0.3 is 0 Å².